The van der Waals surface area contributed by atoms with E-state index in [-0.39, 0.29) is 36.7 Å². The van der Waals surface area contributed by atoms with Gasteiger partial charge in [0.15, 0.2) is 0 Å². The van der Waals surface area contributed by atoms with Crippen LogP contribution in [0.3, 0.4) is 0 Å². The first-order valence-corrected chi connectivity index (χ1v) is 13.0. The second-order valence-electron chi connectivity index (χ2n) is 10.1. The molecule has 0 aliphatic carbocycles. The SMILES string of the molecule is CC(CC(N)COC(=O)/C=C/C(=O)OCC(N)CC(C)c1cc2occc2cc1F)c1cc2occc2cc1F. The first kappa shape index (κ1) is 29.0. The Hall–Kier alpha value is -4.02. The van der Waals surface area contributed by atoms with Crippen molar-refractivity contribution in [2.24, 2.45) is 11.5 Å². The van der Waals surface area contributed by atoms with Crippen LogP contribution in [-0.2, 0) is 19.1 Å². The number of rotatable bonds is 12. The summed E-state index contributed by atoms with van der Waals surface area (Å²) in [6.45, 7) is 3.42. The fourth-order valence-electron chi connectivity index (χ4n) is 4.66. The summed E-state index contributed by atoms with van der Waals surface area (Å²) in [6.07, 6.45) is 5.58. The largest absolute Gasteiger partial charge is 0.464 e. The molecule has 0 fully saturated rings. The number of hydrogen-bond donors (Lipinski definition) is 2. The van der Waals surface area contributed by atoms with Gasteiger partial charge >= 0.3 is 11.9 Å². The number of ether oxygens (including phenoxy) is 2. The highest BCUT2D eigenvalue weighted by molar-refractivity contribution is 5.91. The lowest BCUT2D eigenvalue weighted by molar-refractivity contribution is -0.141. The molecule has 0 aliphatic heterocycles. The Labute approximate surface area is 229 Å². The predicted octanol–water partition coefficient (Wildman–Crippen LogP) is 5.44. The molecule has 4 N–H and O–H groups in total. The molecule has 0 aliphatic rings. The van der Waals surface area contributed by atoms with E-state index in [1.54, 1.807) is 24.3 Å². The second kappa shape index (κ2) is 12.9. The molecular weight excluding hydrogens is 522 g/mol. The van der Waals surface area contributed by atoms with Crippen molar-refractivity contribution in [3.8, 4) is 0 Å². The molecule has 8 nitrogen and oxygen atoms in total. The van der Waals surface area contributed by atoms with E-state index < -0.39 is 24.0 Å². The maximum atomic E-state index is 14.4. The van der Waals surface area contributed by atoms with Gasteiger partial charge in [-0.25, -0.2) is 18.4 Å². The van der Waals surface area contributed by atoms with Crippen LogP contribution in [0, 0.1) is 11.6 Å². The van der Waals surface area contributed by atoms with Gasteiger partial charge in [-0.2, -0.15) is 0 Å². The zero-order chi connectivity index (χ0) is 28.8. The zero-order valence-corrected chi connectivity index (χ0v) is 22.3. The normalized spacial score (nSPS) is 14.8. The fraction of sp³-hybridized carbons (Fsp3) is 0.333. The van der Waals surface area contributed by atoms with Crippen molar-refractivity contribution >= 4 is 33.9 Å². The van der Waals surface area contributed by atoms with Gasteiger partial charge in [-0.05, 0) is 72.2 Å². The molecule has 4 atom stereocenters. The van der Waals surface area contributed by atoms with E-state index >= 15 is 0 Å². The first-order chi connectivity index (χ1) is 19.1. The van der Waals surface area contributed by atoms with Crippen LogP contribution in [0.4, 0.5) is 8.78 Å². The highest BCUT2D eigenvalue weighted by Gasteiger charge is 2.19. The van der Waals surface area contributed by atoms with Crippen LogP contribution < -0.4 is 11.5 Å². The lowest BCUT2D eigenvalue weighted by Gasteiger charge is -2.18. The van der Waals surface area contributed by atoms with Crippen molar-refractivity contribution in [2.75, 3.05) is 13.2 Å². The third-order valence-electron chi connectivity index (χ3n) is 6.75. The smallest absolute Gasteiger partial charge is 0.331 e. The fourth-order valence-corrected chi connectivity index (χ4v) is 4.66. The number of halogens is 2. The quantitative estimate of drug-likeness (QED) is 0.175. The number of furan rings is 2. The summed E-state index contributed by atoms with van der Waals surface area (Å²) in [7, 11) is 0. The number of carbonyl (C=O) groups excluding carboxylic acids is 2. The van der Waals surface area contributed by atoms with Gasteiger partial charge in [-0.15, -0.1) is 0 Å². The summed E-state index contributed by atoms with van der Waals surface area (Å²) in [6, 6.07) is 8.38. The summed E-state index contributed by atoms with van der Waals surface area (Å²) >= 11 is 0. The van der Waals surface area contributed by atoms with Crippen LogP contribution >= 0.6 is 0 Å². The average Bonchev–Trinajstić information content (AvgIpc) is 3.56. The van der Waals surface area contributed by atoms with E-state index in [1.807, 2.05) is 13.8 Å². The molecule has 2 aromatic heterocycles. The topological polar surface area (TPSA) is 131 Å². The molecule has 212 valence electrons. The number of carbonyl (C=O) groups is 2. The first-order valence-electron chi connectivity index (χ1n) is 13.0. The Morgan fingerprint density at radius 2 is 1.18 bits per heavy atom. The number of hydrogen-bond acceptors (Lipinski definition) is 8. The Kier molecular flexibility index (Phi) is 9.34. The highest BCUT2D eigenvalue weighted by Crippen LogP contribution is 2.29. The second-order valence-corrected chi connectivity index (χ2v) is 10.1. The molecule has 4 rings (SSSR count). The standard InChI is InChI=1S/C30H32F2N2O6/c1-17(23-13-27-19(5-7-37-27)11-25(23)31)9-21(33)15-39-29(35)3-4-30(36)40-16-22(34)10-18(2)24-14-28-20(6-8-38-28)12-26(24)32/h3-8,11-14,17-18,21-22H,9-10,15-16,33-34H2,1-2H3/b4-3+. The van der Waals surface area contributed by atoms with Gasteiger partial charge in [0.2, 0.25) is 0 Å². The number of fused-ring (bicyclic) bond motifs is 2. The molecule has 0 radical (unpaired) electrons. The van der Waals surface area contributed by atoms with Gasteiger partial charge in [-0.1, -0.05) is 13.8 Å². The molecule has 0 spiro atoms. The third kappa shape index (κ3) is 7.34. The van der Waals surface area contributed by atoms with E-state index in [9.17, 15) is 18.4 Å². The van der Waals surface area contributed by atoms with E-state index in [4.69, 9.17) is 29.8 Å². The van der Waals surface area contributed by atoms with Crippen molar-refractivity contribution in [2.45, 2.75) is 50.6 Å². The molecule has 40 heavy (non-hydrogen) atoms. The Bertz CT molecular complexity index is 1400. The van der Waals surface area contributed by atoms with E-state index in [0.717, 1.165) is 12.2 Å². The van der Waals surface area contributed by atoms with Gasteiger partial charge in [0.1, 0.15) is 36.0 Å². The Morgan fingerprint density at radius 1 is 0.775 bits per heavy atom. The van der Waals surface area contributed by atoms with Crippen LogP contribution in [-0.4, -0.2) is 37.2 Å². The van der Waals surface area contributed by atoms with Crippen LogP contribution in [0.15, 0.2) is 69.9 Å². The summed E-state index contributed by atoms with van der Waals surface area (Å²) in [5.74, 6) is -2.75. The molecule has 4 unspecified atom stereocenters. The minimum atomic E-state index is -0.773. The van der Waals surface area contributed by atoms with Gasteiger partial charge in [0.05, 0.1) is 12.5 Å². The van der Waals surface area contributed by atoms with Gasteiger partial charge < -0.3 is 29.8 Å². The van der Waals surface area contributed by atoms with Gasteiger partial charge in [0, 0.05) is 35.0 Å². The Balaban J connectivity index is 1.17. The summed E-state index contributed by atoms with van der Waals surface area (Å²) in [5, 5.41) is 1.35. The lowest BCUT2D eigenvalue weighted by atomic mass is 9.93. The maximum Gasteiger partial charge on any atom is 0.331 e. The van der Waals surface area contributed by atoms with Crippen LogP contribution in [0.1, 0.15) is 49.7 Å². The number of benzene rings is 2. The van der Waals surface area contributed by atoms with Crippen LogP contribution in [0.25, 0.3) is 21.9 Å². The van der Waals surface area contributed by atoms with E-state index in [2.05, 4.69) is 0 Å². The molecule has 2 heterocycles. The highest BCUT2D eigenvalue weighted by atomic mass is 19.1. The predicted molar refractivity (Wildman–Crippen MR) is 145 cm³/mol. The van der Waals surface area contributed by atoms with Crippen molar-refractivity contribution in [3.05, 3.63) is 83.8 Å². The molecular formula is C30H32F2N2O6. The molecule has 0 saturated heterocycles. The molecule has 0 saturated carbocycles. The summed E-state index contributed by atoms with van der Waals surface area (Å²) in [5.41, 5.74) is 14.2. The zero-order valence-electron chi connectivity index (χ0n) is 22.3. The lowest BCUT2D eigenvalue weighted by Crippen LogP contribution is -2.29. The minimum absolute atomic E-state index is 0.115. The molecule has 0 bridgehead atoms. The average molecular weight is 555 g/mol. The molecule has 4 aromatic rings. The Morgan fingerprint density at radius 3 is 1.57 bits per heavy atom. The van der Waals surface area contributed by atoms with Crippen molar-refractivity contribution in [1.29, 1.82) is 0 Å². The van der Waals surface area contributed by atoms with Gasteiger partial charge in [0.25, 0.3) is 0 Å². The number of nitrogens with two attached hydrogens (primary N) is 2. The maximum absolute atomic E-state index is 14.4. The third-order valence-corrected chi connectivity index (χ3v) is 6.75. The summed E-state index contributed by atoms with van der Waals surface area (Å²) in [4.78, 5) is 24.0. The monoisotopic (exact) mass is 554 g/mol. The summed E-state index contributed by atoms with van der Waals surface area (Å²) < 4.78 is 49.8. The van der Waals surface area contributed by atoms with Crippen molar-refractivity contribution in [1.82, 2.24) is 0 Å². The minimum Gasteiger partial charge on any atom is -0.464 e. The van der Waals surface area contributed by atoms with E-state index in [1.165, 1.54) is 24.7 Å². The van der Waals surface area contributed by atoms with Crippen LogP contribution in [0.2, 0.25) is 0 Å². The van der Waals surface area contributed by atoms with Gasteiger partial charge in [-0.3, -0.25) is 0 Å². The van der Waals surface area contributed by atoms with Crippen molar-refractivity contribution in [3.63, 3.8) is 0 Å². The van der Waals surface area contributed by atoms with Crippen molar-refractivity contribution < 1.29 is 36.7 Å². The van der Waals surface area contributed by atoms with Crippen LogP contribution in [0.5, 0.6) is 0 Å². The molecule has 0 amide bonds. The molecule has 2 aromatic carbocycles. The molecule has 10 heteroatoms. The van der Waals surface area contributed by atoms with E-state index in [0.29, 0.717) is 45.9 Å². The number of esters is 2.